The average Bonchev–Trinajstić information content (AvgIpc) is 3.35. The number of aliphatic hydroxyl groups excluding tert-OH is 1. The molecule has 0 radical (unpaired) electrons. The number of nitrogens with one attached hydrogen (secondary N) is 1. The van der Waals surface area contributed by atoms with E-state index in [4.69, 9.17) is 4.42 Å². The molecule has 0 spiro atoms. The van der Waals surface area contributed by atoms with Crippen molar-refractivity contribution in [2.45, 2.75) is 25.0 Å². The first-order valence-corrected chi connectivity index (χ1v) is 10.2. The molecule has 1 fully saturated rings. The first-order valence-electron chi connectivity index (χ1n) is 10.2. The number of oxazole rings is 1. The Hall–Kier alpha value is -3.41. The number of nitriles is 1. The smallest absolute Gasteiger partial charge is 0.408 e. The molecule has 0 saturated carbocycles. The number of H-pyrrole nitrogens is 1. The Kier molecular flexibility index (Phi) is 5.89. The number of carbonyl (C=O) groups excluding carboxylic acids is 1. The van der Waals surface area contributed by atoms with E-state index in [1.54, 1.807) is 36.2 Å². The van der Waals surface area contributed by atoms with Crippen LogP contribution < -0.4 is 5.76 Å². The maximum absolute atomic E-state index is 13.2. The lowest BCUT2D eigenvalue weighted by atomic mass is 10.0. The minimum absolute atomic E-state index is 0.0858. The number of likely N-dealkylation sites (tertiary alicyclic amines) is 1. The van der Waals surface area contributed by atoms with Crippen molar-refractivity contribution in [3.05, 3.63) is 69.7 Å². The van der Waals surface area contributed by atoms with Crippen molar-refractivity contribution in [2.24, 2.45) is 0 Å². The molecule has 3 aromatic rings. The van der Waals surface area contributed by atoms with Crippen LogP contribution in [0.3, 0.4) is 0 Å². The number of aromatic nitrogens is 1. The highest BCUT2D eigenvalue weighted by Gasteiger charge is 2.28. The number of aliphatic hydroxyl groups is 1. The molecule has 160 valence electrons. The molecule has 0 bridgehead atoms. The Morgan fingerprint density at radius 2 is 2.23 bits per heavy atom. The molecule has 1 aliphatic heterocycles. The number of aromatic amines is 1. The molecule has 8 nitrogen and oxygen atoms in total. The van der Waals surface area contributed by atoms with Gasteiger partial charge in [-0.3, -0.25) is 14.7 Å². The van der Waals surface area contributed by atoms with Gasteiger partial charge in [0.1, 0.15) is 0 Å². The van der Waals surface area contributed by atoms with E-state index < -0.39 is 5.76 Å². The lowest BCUT2D eigenvalue weighted by Crippen LogP contribution is -2.39. The molecule has 0 aliphatic carbocycles. The number of fused-ring (bicyclic) bond motifs is 1. The van der Waals surface area contributed by atoms with Crippen molar-refractivity contribution in [1.82, 2.24) is 14.8 Å². The number of amides is 1. The van der Waals surface area contributed by atoms with E-state index >= 15 is 0 Å². The second-order valence-corrected chi connectivity index (χ2v) is 7.98. The van der Waals surface area contributed by atoms with Crippen LogP contribution in [-0.2, 0) is 11.2 Å². The second kappa shape index (κ2) is 8.76. The van der Waals surface area contributed by atoms with Gasteiger partial charge in [-0.05, 0) is 41.8 Å². The molecule has 31 heavy (non-hydrogen) atoms. The van der Waals surface area contributed by atoms with E-state index in [2.05, 4.69) is 16.0 Å². The number of carbonyl (C=O) groups is 1. The predicted octanol–water partition coefficient (Wildman–Crippen LogP) is 1.80. The van der Waals surface area contributed by atoms with Crippen LogP contribution in [0.1, 0.15) is 29.2 Å². The first kappa shape index (κ1) is 20.8. The third-order valence-corrected chi connectivity index (χ3v) is 5.78. The maximum atomic E-state index is 13.2. The van der Waals surface area contributed by atoms with Gasteiger partial charge >= 0.3 is 5.76 Å². The van der Waals surface area contributed by atoms with Gasteiger partial charge in [-0.25, -0.2) is 4.79 Å². The van der Waals surface area contributed by atoms with Gasteiger partial charge in [-0.1, -0.05) is 18.2 Å². The van der Waals surface area contributed by atoms with Gasteiger partial charge in [-0.2, -0.15) is 5.26 Å². The zero-order chi connectivity index (χ0) is 22.0. The number of β-amino-alcohol motifs (C(OH)–C–C–N with tert-alkyl or cyclic N) is 1. The second-order valence-electron chi connectivity index (χ2n) is 7.98. The molecule has 1 unspecified atom stereocenters. The number of nitrogens with zero attached hydrogens (tertiary/aromatic N) is 3. The highest BCUT2D eigenvalue weighted by atomic mass is 16.4. The van der Waals surface area contributed by atoms with Crippen LogP contribution in [-0.4, -0.2) is 58.6 Å². The van der Waals surface area contributed by atoms with Gasteiger partial charge < -0.3 is 14.4 Å². The van der Waals surface area contributed by atoms with E-state index in [9.17, 15) is 20.0 Å². The summed E-state index contributed by atoms with van der Waals surface area (Å²) in [7, 11) is 1.76. The van der Waals surface area contributed by atoms with Gasteiger partial charge in [0.25, 0.3) is 0 Å². The molecule has 8 heteroatoms. The summed E-state index contributed by atoms with van der Waals surface area (Å²) in [4.78, 5) is 31.0. The molecule has 4 rings (SSSR count). The predicted molar refractivity (Wildman–Crippen MR) is 114 cm³/mol. The Balaban J connectivity index is 1.56. The van der Waals surface area contributed by atoms with Crippen LogP contribution in [0.5, 0.6) is 0 Å². The minimum atomic E-state index is -0.527. The molecule has 2 aromatic carbocycles. The fourth-order valence-electron chi connectivity index (χ4n) is 4.07. The summed E-state index contributed by atoms with van der Waals surface area (Å²) in [6, 6.07) is 14.4. The normalized spacial score (nSPS) is 17.5. The van der Waals surface area contributed by atoms with Gasteiger partial charge in [0.05, 0.1) is 35.7 Å². The van der Waals surface area contributed by atoms with E-state index in [1.165, 1.54) is 0 Å². The lowest BCUT2D eigenvalue weighted by Gasteiger charge is -2.32. The van der Waals surface area contributed by atoms with Crippen molar-refractivity contribution in [3.63, 3.8) is 0 Å². The molecule has 1 aliphatic rings. The third-order valence-electron chi connectivity index (χ3n) is 5.78. The third kappa shape index (κ3) is 4.68. The highest BCUT2D eigenvalue weighted by Crippen LogP contribution is 2.25. The standard InChI is InChI=1S/C23H24N4O4/c1-26(22(29)11-15-5-6-21-19(10-15)25-23(30)31-21)20(14-27-8-7-18(28)13-27)17-4-2-3-16(9-17)12-24/h2-6,9-10,18,20,28H,7-8,11,13-14H2,1H3,(H,25,30)/t18?,20-/m1/s1. The van der Waals surface area contributed by atoms with Gasteiger partial charge in [0, 0.05) is 26.7 Å². The van der Waals surface area contributed by atoms with Crippen molar-refractivity contribution in [1.29, 1.82) is 5.26 Å². The quantitative estimate of drug-likeness (QED) is 0.629. The van der Waals surface area contributed by atoms with Crippen LogP contribution in [0.4, 0.5) is 0 Å². The summed E-state index contributed by atoms with van der Waals surface area (Å²) >= 11 is 0. The Bertz CT molecular complexity index is 1190. The Labute approximate surface area is 179 Å². The van der Waals surface area contributed by atoms with Crippen LogP contribution in [0.25, 0.3) is 11.1 Å². The van der Waals surface area contributed by atoms with Crippen LogP contribution in [0, 0.1) is 11.3 Å². The molecule has 1 amide bonds. The molecule has 1 saturated heterocycles. The summed E-state index contributed by atoms with van der Waals surface area (Å²) in [6.07, 6.45) is 0.526. The fraction of sp³-hybridized carbons (Fsp3) is 0.348. The van der Waals surface area contributed by atoms with E-state index in [-0.39, 0.29) is 24.5 Å². The number of hydrogen-bond acceptors (Lipinski definition) is 6. The SMILES string of the molecule is CN(C(=O)Cc1ccc2oc(=O)[nH]c2c1)[C@H](CN1CCC(O)C1)c1cccc(C#N)c1. The zero-order valence-electron chi connectivity index (χ0n) is 17.2. The molecule has 2 heterocycles. The van der Waals surface area contributed by atoms with E-state index in [0.29, 0.717) is 36.2 Å². The number of hydrogen-bond donors (Lipinski definition) is 2. The summed E-state index contributed by atoms with van der Waals surface area (Å²) in [5.41, 5.74) is 3.20. The summed E-state index contributed by atoms with van der Waals surface area (Å²) in [5, 5.41) is 19.2. The number of rotatable bonds is 6. The lowest BCUT2D eigenvalue weighted by molar-refractivity contribution is -0.131. The summed E-state index contributed by atoms with van der Waals surface area (Å²) in [6.45, 7) is 1.91. The monoisotopic (exact) mass is 420 g/mol. The van der Waals surface area contributed by atoms with Crippen LogP contribution >= 0.6 is 0 Å². The Morgan fingerprint density at radius 1 is 1.39 bits per heavy atom. The van der Waals surface area contributed by atoms with Gasteiger partial charge in [0.2, 0.25) is 5.91 Å². The van der Waals surface area contributed by atoms with E-state index in [0.717, 1.165) is 17.7 Å². The largest absolute Gasteiger partial charge is 0.417 e. The Morgan fingerprint density at radius 3 is 2.97 bits per heavy atom. The van der Waals surface area contributed by atoms with Crippen LogP contribution in [0.2, 0.25) is 0 Å². The van der Waals surface area contributed by atoms with Crippen molar-refractivity contribution in [2.75, 3.05) is 26.7 Å². The highest BCUT2D eigenvalue weighted by molar-refractivity contribution is 5.81. The molecule has 1 aromatic heterocycles. The minimum Gasteiger partial charge on any atom is -0.408 e. The molecule has 2 N–H and O–H groups in total. The fourth-order valence-corrected chi connectivity index (χ4v) is 4.07. The topological polar surface area (TPSA) is 114 Å². The van der Waals surface area contributed by atoms with Crippen molar-refractivity contribution >= 4 is 17.0 Å². The van der Waals surface area contributed by atoms with E-state index in [1.807, 2.05) is 18.2 Å². The van der Waals surface area contributed by atoms with Gasteiger partial charge in [0.15, 0.2) is 5.58 Å². The number of benzene rings is 2. The first-order chi connectivity index (χ1) is 14.9. The zero-order valence-corrected chi connectivity index (χ0v) is 17.2. The molecular weight excluding hydrogens is 396 g/mol. The summed E-state index contributed by atoms with van der Waals surface area (Å²) < 4.78 is 5.02. The van der Waals surface area contributed by atoms with Crippen molar-refractivity contribution in [3.8, 4) is 6.07 Å². The average molecular weight is 420 g/mol. The van der Waals surface area contributed by atoms with Crippen molar-refractivity contribution < 1.29 is 14.3 Å². The molecular formula is C23H24N4O4. The molecule has 2 atom stereocenters. The summed E-state index contributed by atoms with van der Waals surface area (Å²) in [5.74, 6) is -0.613. The van der Waals surface area contributed by atoms with Gasteiger partial charge in [-0.15, -0.1) is 0 Å². The van der Waals surface area contributed by atoms with Crippen LogP contribution in [0.15, 0.2) is 51.7 Å². The number of likely N-dealkylation sites (N-methyl/N-ethyl adjacent to an activating group) is 1. The maximum Gasteiger partial charge on any atom is 0.417 e.